The van der Waals surface area contributed by atoms with E-state index in [0.29, 0.717) is 11.3 Å². The van der Waals surface area contributed by atoms with E-state index < -0.39 is 22.0 Å². The first kappa shape index (κ1) is 18.5. The van der Waals surface area contributed by atoms with Crippen molar-refractivity contribution in [1.29, 1.82) is 0 Å². The number of hydrogen-bond acceptors (Lipinski definition) is 5. The summed E-state index contributed by atoms with van der Waals surface area (Å²) < 4.78 is 26.5. The molecule has 0 aromatic heterocycles. The summed E-state index contributed by atoms with van der Waals surface area (Å²) in [6.45, 7) is 1.54. The van der Waals surface area contributed by atoms with E-state index in [0.717, 1.165) is 0 Å². The van der Waals surface area contributed by atoms with Gasteiger partial charge in [-0.2, -0.15) is 0 Å². The summed E-state index contributed by atoms with van der Waals surface area (Å²) in [5.41, 5.74) is 6.66. The van der Waals surface area contributed by atoms with E-state index in [4.69, 9.17) is 28.9 Å². The number of benzene rings is 2. The van der Waals surface area contributed by atoms with Crippen LogP contribution in [0, 0.1) is 0 Å². The summed E-state index contributed by atoms with van der Waals surface area (Å²) in [6, 6.07) is 8.47. The van der Waals surface area contributed by atoms with Gasteiger partial charge in [-0.25, -0.2) is 8.42 Å². The van der Waals surface area contributed by atoms with Crippen LogP contribution in [0.1, 0.15) is 12.5 Å². The molecule has 0 saturated carbocycles. The second kappa shape index (κ2) is 6.79. The minimum absolute atomic E-state index is 0.122. The molecular formula is C16H14Cl2N4O3S. The summed E-state index contributed by atoms with van der Waals surface area (Å²) >= 11 is 11.9. The van der Waals surface area contributed by atoms with Crippen molar-refractivity contribution in [2.45, 2.75) is 17.9 Å². The first-order chi connectivity index (χ1) is 12.2. The van der Waals surface area contributed by atoms with Crippen LogP contribution in [0.15, 0.2) is 46.3 Å². The molecule has 2 aromatic carbocycles. The Morgan fingerprint density at radius 1 is 1.23 bits per heavy atom. The summed E-state index contributed by atoms with van der Waals surface area (Å²) in [5.74, 6) is -0.338. The van der Waals surface area contributed by atoms with Gasteiger partial charge in [-0.15, -0.1) is 0 Å². The fourth-order valence-electron chi connectivity index (χ4n) is 2.39. The lowest BCUT2D eigenvalue weighted by molar-refractivity contribution is -0.117. The summed E-state index contributed by atoms with van der Waals surface area (Å²) in [5, 5.41) is 3.05. The standard InChI is InChI=1S/C16H14Cl2N4O3S/c1-8(16(23)21-9-6-11(17)14(19)12(18)7-9)20-15-10-4-2-3-5-13(10)26(24,25)22-15/h2-8H,19H2,1H3,(H,20,22)(H,21,23)/t8-/m0/s1. The number of fused-ring (bicyclic) bond motifs is 1. The molecule has 0 fully saturated rings. The molecule has 0 spiro atoms. The minimum Gasteiger partial charge on any atom is -0.396 e. The number of rotatable bonds is 3. The van der Waals surface area contributed by atoms with Crippen LogP contribution in [0.5, 0.6) is 0 Å². The van der Waals surface area contributed by atoms with Gasteiger partial charge in [0.1, 0.15) is 11.9 Å². The van der Waals surface area contributed by atoms with Crippen molar-refractivity contribution in [3.05, 3.63) is 52.0 Å². The number of amides is 1. The van der Waals surface area contributed by atoms with Crippen LogP contribution in [0.3, 0.4) is 0 Å². The Morgan fingerprint density at radius 2 is 1.85 bits per heavy atom. The van der Waals surface area contributed by atoms with Crippen molar-refractivity contribution in [3.63, 3.8) is 0 Å². The zero-order valence-electron chi connectivity index (χ0n) is 13.5. The Kier molecular flexibility index (Phi) is 4.83. The van der Waals surface area contributed by atoms with E-state index in [1.54, 1.807) is 18.2 Å². The molecular weight excluding hydrogens is 399 g/mol. The van der Waals surface area contributed by atoms with Gasteiger partial charge in [0.25, 0.3) is 10.0 Å². The van der Waals surface area contributed by atoms with Crippen molar-refractivity contribution in [2.24, 2.45) is 4.99 Å². The Bertz CT molecular complexity index is 1010. The molecule has 0 radical (unpaired) electrons. The minimum atomic E-state index is -3.66. The molecule has 3 rings (SSSR count). The highest BCUT2D eigenvalue weighted by atomic mass is 35.5. The molecule has 26 heavy (non-hydrogen) atoms. The smallest absolute Gasteiger partial charge is 0.263 e. The Hall–Kier alpha value is -2.29. The number of nitrogens with one attached hydrogen (secondary N) is 2. The number of carbonyl (C=O) groups excluding carboxylic acids is 1. The number of nitrogens with two attached hydrogens (primary N) is 1. The largest absolute Gasteiger partial charge is 0.396 e. The van der Waals surface area contributed by atoms with Gasteiger partial charge in [-0.1, -0.05) is 35.3 Å². The molecule has 4 N–H and O–H groups in total. The zero-order valence-corrected chi connectivity index (χ0v) is 15.8. The highest BCUT2D eigenvalue weighted by molar-refractivity contribution is 7.90. The summed E-state index contributed by atoms with van der Waals surface area (Å²) in [4.78, 5) is 16.7. The molecule has 0 bridgehead atoms. The third-order valence-electron chi connectivity index (χ3n) is 3.71. The molecule has 0 aliphatic carbocycles. The van der Waals surface area contributed by atoms with Gasteiger partial charge in [0.05, 0.1) is 20.6 Å². The number of carbonyl (C=O) groups is 1. The topological polar surface area (TPSA) is 114 Å². The predicted octanol–water partition coefficient (Wildman–Crippen LogP) is 2.64. The van der Waals surface area contributed by atoms with Crippen LogP contribution in [-0.4, -0.2) is 26.2 Å². The second-order valence-electron chi connectivity index (χ2n) is 5.60. The molecule has 1 aliphatic heterocycles. The molecule has 136 valence electrons. The number of hydrogen-bond donors (Lipinski definition) is 3. The third-order valence-corrected chi connectivity index (χ3v) is 5.73. The van der Waals surface area contributed by atoms with Crippen molar-refractivity contribution in [2.75, 3.05) is 11.1 Å². The molecule has 1 heterocycles. The van der Waals surface area contributed by atoms with Gasteiger partial charge < -0.3 is 11.1 Å². The number of nitrogen functional groups attached to an aromatic ring is 1. The van der Waals surface area contributed by atoms with Gasteiger partial charge in [0.2, 0.25) is 5.91 Å². The van der Waals surface area contributed by atoms with Gasteiger partial charge in [-0.05, 0) is 31.2 Å². The van der Waals surface area contributed by atoms with Crippen LogP contribution < -0.4 is 15.8 Å². The maximum atomic E-state index is 12.4. The fourth-order valence-corrected chi connectivity index (χ4v) is 4.11. The second-order valence-corrected chi connectivity index (χ2v) is 8.06. The maximum Gasteiger partial charge on any atom is 0.263 e. The van der Waals surface area contributed by atoms with Crippen molar-refractivity contribution in [3.8, 4) is 0 Å². The number of halogens is 2. The number of sulfonamides is 1. The molecule has 0 saturated heterocycles. The van der Waals surface area contributed by atoms with E-state index >= 15 is 0 Å². The van der Waals surface area contributed by atoms with Gasteiger partial charge in [0, 0.05) is 11.3 Å². The molecule has 1 atom stereocenters. The Morgan fingerprint density at radius 3 is 2.50 bits per heavy atom. The lowest BCUT2D eigenvalue weighted by Crippen LogP contribution is -2.28. The van der Waals surface area contributed by atoms with Crippen molar-refractivity contribution >= 4 is 56.3 Å². The van der Waals surface area contributed by atoms with Gasteiger partial charge >= 0.3 is 0 Å². The van der Waals surface area contributed by atoms with Crippen LogP contribution in [-0.2, 0) is 14.8 Å². The Balaban J connectivity index is 1.83. The number of amidine groups is 1. The first-order valence-corrected chi connectivity index (χ1v) is 9.68. The van der Waals surface area contributed by atoms with Crippen molar-refractivity contribution < 1.29 is 13.2 Å². The van der Waals surface area contributed by atoms with E-state index in [9.17, 15) is 13.2 Å². The van der Waals surface area contributed by atoms with E-state index in [1.807, 2.05) is 0 Å². The summed E-state index contributed by atoms with van der Waals surface area (Å²) in [6.07, 6.45) is 0. The van der Waals surface area contributed by atoms with Gasteiger partial charge in [0.15, 0.2) is 0 Å². The van der Waals surface area contributed by atoms with E-state index in [1.165, 1.54) is 25.1 Å². The van der Waals surface area contributed by atoms with Crippen LogP contribution >= 0.6 is 23.2 Å². The lowest BCUT2D eigenvalue weighted by Gasteiger charge is -2.11. The zero-order chi connectivity index (χ0) is 19.1. The number of anilines is 2. The van der Waals surface area contributed by atoms with Crippen LogP contribution in [0.25, 0.3) is 0 Å². The van der Waals surface area contributed by atoms with Gasteiger partial charge in [-0.3, -0.25) is 14.5 Å². The SMILES string of the molecule is C[C@H](N=C1NS(=O)(=O)c2ccccc21)C(=O)Nc1cc(Cl)c(N)c(Cl)c1. The average molecular weight is 413 g/mol. The highest BCUT2D eigenvalue weighted by Crippen LogP contribution is 2.31. The third kappa shape index (κ3) is 3.48. The van der Waals surface area contributed by atoms with E-state index in [-0.39, 0.29) is 26.5 Å². The molecule has 1 amide bonds. The van der Waals surface area contributed by atoms with Crippen LogP contribution in [0.4, 0.5) is 11.4 Å². The number of nitrogens with zero attached hydrogens (tertiary/aromatic N) is 1. The quantitative estimate of drug-likeness (QED) is 0.672. The fraction of sp³-hybridized carbons (Fsp3) is 0.125. The van der Waals surface area contributed by atoms with Crippen LogP contribution in [0.2, 0.25) is 10.0 Å². The first-order valence-electron chi connectivity index (χ1n) is 7.44. The monoisotopic (exact) mass is 412 g/mol. The molecule has 0 unspecified atom stereocenters. The highest BCUT2D eigenvalue weighted by Gasteiger charge is 2.31. The van der Waals surface area contributed by atoms with Crippen molar-refractivity contribution in [1.82, 2.24) is 4.72 Å². The normalized spacial score (nSPS) is 17.4. The molecule has 1 aliphatic rings. The molecule has 2 aromatic rings. The maximum absolute atomic E-state index is 12.4. The Labute approximate surface area is 160 Å². The number of aliphatic imine (C=N–C) groups is 1. The predicted molar refractivity (Wildman–Crippen MR) is 102 cm³/mol. The lowest BCUT2D eigenvalue weighted by atomic mass is 10.2. The average Bonchev–Trinajstić information content (AvgIpc) is 2.83. The molecule has 10 heteroatoms. The van der Waals surface area contributed by atoms with E-state index in [2.05, 4.69) is 15.0 Å². The molecule has 7 nitrogen and oxygen atoms in total. The summed E-state index contributed by atoms with van der Waals surface area (Å²) in [7, 11) is -3.66.